The molecule has 0 spiro atoms. The van der Waals surface area contributed by atoms with Gasteiger partial charge in [-0.2, -0.15) is 4.80 Å². The fourth-order valence-electron chi connectivity index (χ4n) is 1.90. The van der Waals surface area contributed by atoms with Crippen LogP contribution < -0.4 is 0 Å². The van der Waals surface area contributed by atoms with E-state index in [2.05, 4.69) is 30.7 Å². The van der Waals surface area contributed by atoms with E-state index in [0.717, 1.165) is 0 Å². The third-order valence-electron chi connectivity index (χ3n) is 2.81. The number of hydrogen-bond donors (Lipinski definition) is 1. The first kappa shape index (κ1) is 12.9. The fraction of sp³-hybridized carbons (Fsp3) is 0.300. The molecule has 3 rings (SSSR count). The van der Waals surface area contributed by atoms with Gasteiger partial charge in [-0.3, -0.25) is 0 Å². The molecule has 0 aliphatic heterocycles. The number of tetrazole rings is 1. The molecule has 0 saturated heterocycles. The Balaban J connectivity index is 2.09. The van der Waals surface area contributed by atoms with Gasteiger partial charge in [0.2, 0.25) is 5.69 Å². The van der Waals surface area contributed by atoms with E-state index in [-0.39, 0.29) is 12.2 Å². The zero-order chi connectivity index (χ0) is 15.0. The molecule has 0 atom stereocenters. The van der Waals surface area contributed by atoms with Crippen LogP contribution in [0.15, 0.2) is 12.4 Å². The summed E-state index contributed by atoms with van der Waals surface area (Å²) in [6.45, 7) is 0.149. The predicted molar refractivity (Wildman–Crippen MR) is 67.1 cm³/mol. The van der Waals surface area contributed by atoms with Crippen molar-refractivity contribution >= 4 is 5.97 Å². The van der Waals surface area contributed by atoms with Crippen molar-refractivity contribution in [2.75, 3.05) is 0 Å². The Morgan fingerprint density at radius 3 is 2.67 bits per heavy atom. The summed E-state index contributed by atoms with van der Waals surface area (Å²) in [7, 11) is 3.39. The monoisotopic (exact) mass is 289 g/mol. The summed E-state index contributed by atoms with van der Waals surface area (Å²) >= 11 is 0. The molecular weight excluding hydrogens is 278 g/mol. The quantitative estimate of drug-likeness (QED) is 0.644. The SMILES string of the molecule is Cn1nnc(Cn2nnc(C(=O)O)c2-c2nccn2C)n1. The molecule has 0 aromatic carbocycles. The molecule has 108 valence electrons. The molecule has 0 unspecified atom stereocenters. The normalized spacial score (nSPS) is 11.0. The van der Waals surface area contributed by atoms with Crippen molar-refractivity contribution in [3.8, 4) is 11.5 Å². The van der Waals surface area contributed by atoms with Crippen molar-refractivity contribution in [1.82, 2.24) is 44.8 Å². The van der Waals surface area contributed by atoms with Gasteiger partial charge in [-0.05, 0) is 5.21 Å². The van der Waals surface area contributed by atoms with Crippen molar-refractivity contribution < 1.29 is 9.90 Å². The topological polar surface area (TPSA) is 129 Å². The van der Waals surface area contributed by atoms with Crippen molar-refractivity contribution in [2.24, 2.45) is 14.1 Å². The second-order valence-corrected chi connectivity index (χ2v) is 4.31. The summed E-state index contributed by atoms with van der Waals surface area (Å²) in [6.07, 6.45) is 3.28. The average molecular weight is 289 g/mol. The van der Waals surface area contributed by atoms with E-state index in [1.807, 2.05) is 0 Å². The lowest BCUT2D eigenvalue weighted by Gasteiger charge is -2.04. The molecule has 0 radical (unpaired) electrons. The molecule has 0 aliphatic carbocycles. The van der Waals surface area contributed by atoms with E-state index >= 15 is 0 Å². The Bertz CT molecular complexity index is 799. The average Bonchev–Trinajstić information content (AvgIpc) is 3.11. The number of hydrogen-bond acceptors (Lipinski definition) is 7. The van der Waals surface area contributed by atoms with Gasteiger partial charge >= 0.3 is 5.97 Å². The Morgan fingerprint density at radius 1 is 1.29 bits per heavy atom. The van der Waals surface area contributed by atoms with Crippen molar-refractivity contribution in [2.45, 2.75) is 6.54 Å². The van der Waals surface area contributed by atoms with Crippen LogP contribution in [0.3, 0.4) is 0 Å². The Kier molecular flexibility index (Phi) is 2.93. The second kappa shape index (κ2) is 4.77. The van der Waals surface area contributed by atoms with Crippen LogP contribution in [0.25, 0.3) is 11.5 Å². The van der Waals surface area contributed by atoms with Crippen LogP contribution in [-0.4, -0.2) is 55.8 Å². The standard InChI is InChI=1S/C10H11N9O2/c1-17-4-3-11-9(17)8-7(10(20)21)13-16-19(8)5-6-12-15-18(2)14-6/h3-4H,5H2,1-2H3,(H,20,21). The van der Waals surface area contributed by atoms with E-state index in [9.17, 15) is 9.90 Å². The first-order valence-corrected chi connectivity index (χ1v) is 5.93. The molecule has 3 aromatic heterocycles. The van der Waals surface area contributed by atoms with Gasteiger partial charge in [-0.25, -0.2) is 14.5 Å². The smallest absolute Gasteiger partial charge is 0.358 e. The van der Waals surface area contributed by atoms with E-state index < -0.39 is 5.97 Å². The molecule has 3 aromatic rings. The highest BCUT2D eigenvalue weighted by Crippen LogP contribution is 2.20. The lowest BCUT2D eigenvalue weighted by atomic mass is 10.3. The highest BCUT2D eigenvalue weighted by molar-refractivity contribution is 5.91. The molecule has 1 N–H and O–H groups in total. The maximum absolute atomic E-state index is 11.3. The minimum Gasteiger partial charge on any atom is -0.476 e. The van der Waals surface area contributed by atoms with Crippen LogP contribution in [0, 0.1) is 0 Å². The van der Waals surface area contributed by atoms with Crippen LogP contribution in [-0.2, 0) is 20.6 Å². The number of aryl methyl sites for hydroxylation is 2. The van der Waals surface area contributed by atoms with Crippen LogP contribution in [0.2, 0.25) is 0 Å². The third-order valence-corrected chi connectivity index (χ3v) is 2.81. The zero-order valence-corrected chi connectivity index (χ0v) is 11.2. The molecule has 0 fully saturated rings. The van der Waals surface area contributed by atoms with Gasteiger partial charge < -0.3 is 9.67 Å². The fourth-order valence-corrected chi connectivity index (χ4v) is 1.90. The minimum absolute atomic E-state index is 0.149. The molecule has 21 heavy (non-hydrogen) atoms. The van der Waals surface area contributed by atoms with E-state index in [1.165, 1.54) is 9.48 Å². The number of nitrogens with zero attached hydrogens (tertiary/aromatic N) is 9. The Hall–Kier alpha value is -3.11. The predicted octanol–water partition coefficient (Wildman–Crippen LogP) is -1.05. The highest BCUT2D eigenvalue weighted by Gasteiger charge is 2.24. The van der Waals surface area contributed by atoms with Crippen LogP contribution in [0.4, 0.5) is 0 Å². The second-order valence-electron chi connectivity index (χ2n) is 4.31. The Labute approximate surface area is 117 Å². The van der Waals surface area contributed by atoms with Gasteiger partial charge in [0.05, 0.1) is 7.05 Å². The molecule has 11 heteroatoms. The number of carboxylic acid groups (broad SMARTS) is 1. The van der Waals surface area contributed by atoms with Crippen LogP contribution >= 0.6 is 0 Å². The van der Waals surface area contributed by atoms with Gasteiger partial charge in [0, 0.05) is 19.4 Å². The van der Waals surface area contributed by atoms with Crippen molar-refractivity contribution in [3.05, 3.63) is 23.9 Å². The van der Waals surface area contributed by atoms with E-state index in [0.29, 0.717) is 17.3 Å². The van der Waals surface area contributed by atoms with Gasteiger partial charge in [-0.15, -0.1) is 15.3 Å². The van der Waals surface area contributed by atoms with Gasteiger partial charge in [-0.1, -0.05) is 5.21 Å². The van der Waals surface area contributed by atoms with Gasteiger partial charge in [0.15, 0.2) is 11.6 Å². The molecular formula is C10H11N9O2. The summed E-state index contributed by atoms with van der Waals surface area (Å²) < 4.78 is 3.08. The third kappa shape index (κ3) is 2.24. The molecule has 3 heterocycles. The van der Waals surface area contributed by atoms with Gasteiger partial charge in [0.25, 0.3) is 0 Å². The van der Waals surface area contributed by atoms with Crippen molar-refractivity contribution in [1.29, 1.82) is 0 Å². The van der Waals surface area contributed by atoms with E-state index in [4.69, 9.17) is 0 Å². The summed E-state index contributed by atoms with van der Waals surface area (Å²) in [4.78, 5) is 16.8. The number of aromatic nitrogens is 9. The maximum atomic E-state index is 11.3. The largest absolute Gasteiger partial charge is 0.476 e. The highest BCUT2D eigenvalue weighted by atomic mass is 16.4. The maximum Gasteiger partial charge on any atom is 0.358 e. The van der Waals surface area contributed by atoms with Crippen LogP contribution in [0.1, 0.15) is 16.3 Å². The van der Waals surface area contributed by atoms with E-state index in [1.54, 1.807) is 31.1 Å². The minimum atomic E-state index is -1.17. The summed E-state index contributed by atoms with van der Waals surface area (Å²) in [5.74, 6) is -0.331. The lowest BCUT2D eigenvalue weighted by molar-refractivity contribution is 0.0691. The lowest BCUT2D eigenvalue weighted by Crippen LogP contribution is -2.10. The van der Waals surface area contributed by atoms with Crippen LogP contribution in [0.5, 0.6) is 0 Å². The molecule has 0 aliphatic rings. The zero-order valence-electron chi connectivity index (χ0n) is 11.2. The summed E-state index contributed by atoms with van der Waals surface area (Å²) in [6, 6.07) is 0. The molecule has 11 nitrogen and oxygen atoms in total. The molecule has 0 saturated carbocycles. The first-order valence-electron chi connectivity index (χ1n) is 5.93. The number of rotatable bonds is 4. The summed E-state index contributed by atoms with van der Waals surface area (Å²) in [5, 5.41) is 28.4. The molecule has 0 bridgehead atoms. The van der Waals surface area contributed by atoms with Gasteiger partial charge in [0.1, 0.15) is 12.2 Å². The number of carboxylic acids is 1. The van der Waals surface area contributed by atoms with Crippen molar-refractivity contribution in [3.63, 3.8) is 0 Å². The first-order chi connectivity index (χ1) is 10.1. The summed E-state index contributed by atoms with van der Waals surface area (Å²) in [5.41, 5.74) is 0.121. The number of carbonyl (C=O) groups is 1. The molecule has 0 amide bonds. The Morgan fingerprint density at radius 2 is 2.10 bits per heavy atom. The number of aromatic carboxylic acids is 1. The number of imidazole rings is 1.